The van der Waals surface area contributed by atoms with Gasteiger partial charge >= 0.3 is 6.18 Å². The van der Waals surface area contributed by atoms with E-state index in [-0.39, 0.29) is 0 Å². The number of hydrogen-bond donors (Lipinski definition) is 0. The molecule has 0 radical (unpaired) electrons. The van der Waals surface area contributed by atoms with Crippen molar-refractivity contribution < 1.29 is 22.0 Å². The lowest BCUT2D eigenvalue weighted by atomic mass is 10.1. The molecule has 1 aromatic heterocycles. The van der Waals surface area contributed by atoms with E-state index < -0.39 is 23.4 Å². The summed E-state index contributed by atoms with van der Waals surface area (Å²) < 4.78 is 63.8. The molecule has 118 valence electrons. The smallest absolute Gasteiger partial charge is 0.236 e. The highest BCUT2D eigenvalue weighted by Crippen LogP contribution is 2.33. The van der Waals surface area contributed by atoms with Crippen LogP contribution in [-0.4, -0.2) is 4.98 Å². The summed E-state index contributed by atoms with van der Waals surface area (Å²) in [6.07, 6.45) is -4.39. The standard InChI is InChI=1S/C16H8F5NS/c17-12-6-3-10(7-13(12)18)14-8-23-15(22-14)9-1-4-11(5-2-9)16(19,20)21/h1-8H. The Labute approximate surface area is 132 Å². The Bertz CT molecular complexity index is 836. The van der Waals surface area contributed by atoms with Crippen molar-refractivity contribution in [3.05, 3.63) is 65.0 Å². The number of halogens is 5. The molecule has 0 bridgehead atoms. The van der Waals surface area contributed by atoms with Crippen molar-refractivity contribution in [2.24, 2.45) is 0 Å². The lowest BCUT2D eigenvalue weighted by Crippen LogP contribution is -2.03. The normalized spacial score (nSPS) is 11.7. The summed E-state index contributed by atoms with van der Waals surface area (Å²) in [5.74, 6) is -1.93. The summed E-state index contributed by atoms with van der Waals surface area (Å²) in [6, 6.07) is 8.04. The Hall–Kier alpha value is -2.28. The van der Waals surface area contributed by atoms with Gasteiger partial charge in [-0.1, -0.05) is 12.1 Å². The molecule has 0 aliphatic heterocycles. The summed E-state index contributed by atoms with van der Waals surface area (Å²) in [5, 5.41) is 2.14. The van der Waals surface area contributed by atoms with E-state index in [2.05, 4.69) is 4.98 Å². The second-order valence-electron chi connectivity index (χ2n) is 4.74. The molecule has 0 unspecified atom stereocenters. The topological polar surface area (TPSA) is 12.9 Å². The number of benzene rings is 2. The lowest BCUT2D eigenvalue weighted by molar-refractivity contribution is -0.137. The number of aromatic nitrogens is 1. The van der Waals surface area contributed by atoms with Gasteiger partial charge in [-0.3, -0.25) is 0 Å². The SMILES string of the molecule is Fc1ccc(-c2csc(-c3ccc(C(F)(F)F)cc3)n2)cc1F. The Balaban J connectivity index is 1.91. The summed E-state index contributed by atoms with van der Waals surface area (Å²) >= 11 is 1.21. The van der Waals surface area contributed by atoms with E-state index in [0.29, 0.717) is 21.8 Å². The van der Waals surface area contributed by atoms with Gasteiger partial charge < -0.3 is 0 Å². The number of thiazole rings is 1. The molecule has 7 heteroatoms. The summed E-state index contributed by atoms with van der Waals surface area (Å²) in [5.41, 5.74) is 0.623. The molecule has 0 aliphatic carbocycles. The van der Waals surface area contributed by atoms with Crippen molar-refractivity contribution in [2.75, 3.05) is 0 Å². The highest BCUT2D eigenvalue weighted by atomic mass is 32.1. The fourth-order valence-electron chi connectivity index (χ4n) is 2.00. The van der Waals surface area contributed by atoms with Crippen LogP contribution in [0.25, 0.3) is 21.8 Å². The van der Waals surface area contributed by atoms with E-state index in [9.17, 15) is 22.0 Å². The zero-order valence-corrected chi connectivity index (χ0v) is 12.2. The molecule has 0 aliphatic rings. The van der Waals surface area contributed by atoms with Crippen LogP contribution >= 0.6 is 11.3 Å². The van der Waals surface area contributed by atoms with E-state index in [4.69, 9.17) is 0 Å². The van der Waals surface area contributed by atoms with Crippen molar-refractivity contribution in [2.45, 2.75) is 6.18 Å². The van der Waals surface area contributed by atoms with Gasteiger partial charge in [-0.05, 0) is 30.3 Å². The summed E-state index contributed by atoms with van der Waals surface area (Å²) in [6.45, 7) is 0. The van der Waals surface area contributed by atoms with Gasteiger partial charge in [-0.25, -0.2) is 13.8 Å². The van der Waals surface area contributed by atoms with Gasteiger partial charge in [-0.2, -0.15) is 13.2 Å². The maximum absolute atomic E-state index is 13.2. The summed E-state index contributed by atoms with van der Waals surface area (Å²) in [7, 11) is 0. The van der Waals surface area contributed by atoms with Crippen molar-refractivity contribution >= 4 is 11.3 Å². The van der Waals surface area contributed by atoms with Crippen LogP contribution in [-0.2, 0) is 6.18 Å². The third-order valence-corrected chi connectivity index (χ3v) is 4.07. The molecule has 3 rings (SSSR count). The predicted molar refractivity (Wildman–Crippen MR) is 77.9 cm³/mol. The molecule has 2 aromatic carbocycles. The Morgan fingerprint density at radius 1 is 0.826 bits per heavy atom. The first kappa shape index (κ1) is 15.6. The molecule has 1 heterocycles. The monoisotopic (exact) mass is 341 g/mol. The second kappa shape index (κ2) is 5.73. The number of rotatable bonds is 2. The summed E-state index contributed by atoms with van der Waals surface area (Å²) in [4.78, 5) is 4.26. The Morgan fingerprint density at radius 3 is 2.09 bits per heavy atom. The van der Waals surface area contributed by atoms with Crippen LogP contribution in [0.5, 0.6) is 0 Å². The highest BCUT2D eigenvalue weighted by Gasteiger charge is 2.30. The Kier molecular flexibility index (Phi) is 3.89. The van der Waals surface area contributed by atoms with E-state index in [1.54, 1.807) is 5.38 Å². The van der Waals surface area contributed by atoms with Crippen LogP contribution in [0.3, 0.4) is 0 Å². The molecular weight excluding hydrogens is 333 g/mol. The van der Waals surface area contributed by atoms with Gasteiger partial charge in [0.25, 0.3) is 0 Å². The molecule has 0 saturated heterocycles. The molecule has 0 fully saturated rings. The maximum atomic E-state index is 13.2. The van der Waals surface area contributed by atoms with Gasteiger partial charge in [0.2, 0.25) is 0 Å². The number of hydrogen-bond acceptors (Lipinski definition) is 2. The van der Waals surface area contributed by atoms with Crippen molar-refractivity contribution in [1.29, 1.82) is 0 Å². The Morgan fingerprint density at radius 2 is 1.48 bits per heavy atom. The van der Waals surface area contributed by atoms with E-state index in [0.717, 1.165) is 24.3 Å². The highest BCUT2D eigenvalue weighted by molar-refractivity contribution is 7.13. The van der Waals surface area contributed by atoms with Crippen LogP contribution in [0.2, 0.25) is 0 Å². The fourth-order valence-corrected chi connectivity index (χ4v) is 2.83. The molecule has 3 aromatic rings. The van der Waals surface area contributed by atoms with Crippen molar-refractivity contribution in [3.63, 3.8) is 0 Å². The largest absolute Gasteiger partial charge is 0.416 e. The molecule has 1 nitrogen and oxygen atoms in total. The third kappa shape index (κ3) is 3.24. The number of nitrogens with zero attached hydrogens (tertiary/aromatic N) is 1. The predicted octanol–water partition coefficient (Wildman–Crippen LogP) is 5.77. The molecule has 0 N–H and O–H groups in total. The van der Waals surface area contributed by atoms with Gasteiger partial charge in [0, 0.05) is 16.5 Å². The van der Waals surface area contributed by atoms with Crippen molar-refractivity contribution in [1.82, 2.24) is 4.98 Å². The second-order valence-corrected chi connectivity index (χ2v) is 5.60. The fraction of sp³-hybridized carbons (Fsp3) is 0.0625. The average Bonchev–Trinajstić information content (AvgIpc) is 2.99. The molecule has 0 spiro atoms. The first-order chi connectivity index (χ1) is 10.8. The minimum absolute atomic E-state index is 0.401. The van der Waals surface area contributed by atoms with E-state index >= 15 is 0 Å². The van der Waals surface area contributed by atoms with Crippen LogP contribution < -0.4 is 0 Å². The zero-order chi connectivity index (χ0) is 16.6. The quantitative estimate of drug-likeness (QED) is 0.539. The zero-order valence-electron chi connectivity index (χ0n) is 11.4. The van der Waals surface area contributed by atoms with Crippen molar-refractivity contribution in [3.8, 4) is 21.8 Å². The molecule has 23 heavy (non-hydrogen) atoms. The lowest BCUT2D eigenvalue weighted by Gasteiger charge is -2.06. The molecule has 0 atom stereocenters. The number of alkyl halides is 3. The van der Waals surface area contributed by atoms with Crippen LogP contribution in [0.4, 0.5) is 22.0 Å². The molecule has 0 saturated carbocycles. The van der Waals surface area contributed by atoms with Gasteiger partial charge in [0.15, 0.2) is 11.6 Å². The molecule has 0 amide bonds. The minimum atomic E-state index is -4.39. The molecular formula is C16H8F5NS. The first-order valence-corrected chi connectivity index (χ1v) is 7.31. The van der Waals surface area contributed by atoms with Gasteiger partial charge in [0.05, 0.1) is 11.3 Å². The van der Waals surface area contributed by atoms with Crippen LogP contribution in [0.15, 0.2) is 47.8 Å². The van der Waals surface area contributed by atoms with Crippen LogP contribution in [0, 0.1) is 11.6 Å². The third-order valence-electron chi connectivity index (χ3n) is 3.18. The maximum Gasteiger partial charge on any atom is 0.416 e. The van der Waals surface area contributed by atoms with E-state index in [1.807, 2.05) is 0 Å². The minimum Gasteiger partial charge on any atom is -0.236 e. The van der Waals surface area contributed by atoms with Gasteiger partial charge in [-0.15, -0.1) is 11.3 Å². The average molecular weight is 341 g/mol. The van der Waals surface area contributed by atoms with Crippen LogP contribution in [0.1, 0.15) is 5.56 Å². The van der Waals surface area contributed by atoms with Gasteiger partial charge in [0.1, 0.15) is 5.01 Å². The first-order valence-electron chi connectivity index (χ1n) is 6.43. The van der Waals surface area contributed by atoms with E-state index in [1.165, 1.54) is 29.5 Å².